The SMILES string of the molecule is CC1CC=C(C(C)C2CCC3C4CC(O)C5CC(OC6OC(CO)C(O)C(O)C6O)CCC5(C)C4CCC23C)NC1. The number of rotatable bonds is 5. The molecule has 2 aliphatic heterocycles. The maximum Gasteiger partial charge on any atom is 0.186 e. The van der Waals surface area contributed by atoms with Gasteiger partial charge in [0, 0.05) is 12.2 Å². The molecule has 0 aromatic heterocycles. The van der Waals surface area contributed by atoms with Crippen molar-refractivity contribution in [2.75, 3.05) is 13.2 Å². The molecule has 1 saturated heterocycles. The predicted octanol–water partition coefficient (Wildman–Crippen LogP) is 2.95. The first-order valence-electron chi connectivity index (χ1n) is 16.6. The number of aliphatic hydroxyl groups excluding tert-OH is 5. The lowest BCUT2D eigenvalue weighted by Crippen LogP contribution is -2.61. The summed E-state index contributed by atoms with van der Waals surface area (Å²) in [4.78, 5) is 0. The van der Waals surface area contributed by atoms with Crippen molar-refractivity contribution in [3.8, 4) is 0 Å². The summed E-state index contributed by atoms with van der Waals surface area (Å²) in [6, 6.07) is 0. The van der Waals surface area contributed by atoms with Crippen molar-refractivity contribution in [2.24, 2.45) is 52.3 Å². The number of allylic oxidation sites excluding steroid dienone is 2. The van der Waals surface area contributed by atoms with Crippen molar-refractivity contribution in [3.63, 3.8) is 0 Å². The highest BCUT2D eigenvalue weighted by molar-refractivity contribution is 5.16. The Morgan fingerprint density at radius 3 is 2.39 bits per heavy atom. The summed E-state index contributed by atoms with van der Waals surface area (Å²) in [5, 5.41) is 55.9. The van der Waals surface area contributed by atoms with Crippen LogP contribution in [0.3, 0.4) is 0 Å². The zero-order valence-electron chi connectivity index (χ0n) is 25.5. The molecule has 16 unspecified atom stereocenters. The molecule has 0 radical (unpaired) electrons. The Hall–Kier alpha value is -0.740. The summed E-state index contributed by atoms with van der Waals surface area (Å²) < 4.78 is 11.8. The average Bonchev–Trinajstić information content (AvgIpc) is 3.31. The average molecular weight is 578 g/mol. The molecule has 2 heterocycles. The smallest absolute Gasteiger partial charge is 0.186 e. The summed E-state index contributed by atoms with van der Waals surface area (Å²) >= 11 is 0. The number of hydrogen-bond acceptors (Lipinski definition) is 8. The topological polar surface area (TPSA) is 132 Å². The highest BCUT2D eigenvalue weighted by Gasteiger charge is 2.63. The molecule has 8 heteroatoms. The van der Waals surface area contributed by atoms with Crippen LogP contribution in [-0.4, -0.2) is 81.6 Å². The quantitative estimate of drug-likeness (QED) is 0.275. The second kappa shape index (κ2) is 11.3. The van der Waals surface area contributed by atoms with Crippen LogP contribution in [0.5, 0.6) is 0 Å². The van der Waals surface area contributed by atoms with Gasteiger partial charge in [0.25, 0.3) is 0 Å². The summed E-state index contributed by atoms with van der Waals surface area (Å²) in [7, 11) is 0. The zero-order valence-corrected chi connectivity index (χ0v) is 25.5. The molecule has 16 atom stereocenters. The second-order valence-corrected chi connectivity index (χ2v) is 15.4. The van der Waals surface area contributed by atoms with Crippen LogP contribution in [0.25, 0.3) is 0 Å². The molecule has 8 nitrogen and oxygen atoms in total. The summed E-state index contributed by atoms with van der Waals surface area (Å²) in [6.45, 7) is 10.4. The molecule has 4 saturated carbocycles. The lowest BCUT2D eigenvalue weighted by molar-refractivity contribution is -0.317. The number of hydrogen-bond donors (Lipinski definition) is 6. The summed E-state index contributed by atoms with van der Waals surface area (Å²) in [5.41, 5.74) is 1.83. The first kappa shape index (κ1) is 30.3. The molecule has 0 spiro atoms. The fourth-order valence-electron chi connectivity index (χ4n) is 11.0. The molecule has 0 amide bonds. The fraction of sp³-hybridized carbons (Fsp3) is 0.939. The van der Waals surface area contributed by atoms with Gasteiger partial charge in [-0.05, 0) is 110 Å². The van der Waals surface area contributed by atoms with E-state index in [4.69, 9.17) is 9.47 Å². The highest BCUT2D eigenvalue weighted by atomic mass is 16.7. The van der Waals surface area contributed by atoms with Gasteiger partial charge in [0.15, 0.2) is 6.29 Å². The molecular formula is C33H55NO7. The van der Waals surface area contributed by atoms with Crippen molar-refractivity contribution in [2.45, 2.75) is 128 Å². The standard InChI is InChI=1S/C33H55NO7/c1-17-5-8-25(34-15-17)18(2)21-6-7-22-20-14-26(36)24-13-19(9-11-33(24,4)23(20)10-12-32(21,22)3)40-31-30(39)29(38)28(37)27(16-35)41-31/h8,17-24,26-31,34-39H,5-7,9-16H2,1-4H3. The van der Waals surface area contributed by atoms with Gasteiger partial charge in [-0.25, -0.2) is 0 Å². The van der Waals surface area contributed by atoms with Crippen LogP contribution >= 0.6 is 0 Å². The maximum atomic E-state index is 11.7. The van der Waals surface area contributed by atoms with Crippen molar-refractivity contribution in [3.05, 3.63) is 11.8 Å². The van der Waals surface area contributed by atoms with E-state index in [0.717, 1.165) is 25.8 Å². The van der Waals surface area contributed by atoms with Crippen LogP contribution in [-0.2, 0) is 9.47 Å². The van der Waals surface area contributed by atoms with Gasteiger partial charge in [0.2, 0.25) is 0 Å². The Balaban J connectivity index is 1.14. The largest absolute Gasteiger partial charge is 0.394 e. The number of aliphatic hydroxyl groups is 5. The van der Waals surface area contributed by atoms with E-state index in [0.29, 0.717) is 47.3 Å². The van der Waals surface area contributed by atoms with E-state index in [1.165, 1.54) is 37.8 Å². The Labute approximate surface area is 245 Å². The van der Waals surface area contributed by atoms with E-state index in [-0.39, 0.29) is 23.5 Å². The molecule has 234 valence electrons. The van der Waals surface area contributed by atoms with E-state index in [1.807, 2.05) is 0 Å². The van der Waals surface area contributed by atoms with Gasteiger partial charge in [0.05, 0.1) is 18.8 Å². The van der Waals surface area contributed by atoms with E-state index in [1.54, 1.807) is 0 Å². The highest BCUT2D eigenvalue weighted by Crippen LogP contribution is 2.68. The summed E-state index contributed by atoms with van der Waals surface area (Å²) in [5.74, 6) is 3.89. The minimum Gasteiger partial charge on any atom is -0.394 e. The van der Waals surface area contributed by atoms with Crippen molar-refractivity contribution in [1.82, 2.24) is 5.32 Å². The third kappa shape index (κ3) is 5.01. The van der Waals surface area contributed by atoms with Gasteiger partial charge in [-0.1, -0.05) is 33.8 Å². The van der Waals surface area contributed by atoms with Crippen LogP contribution in [0.1, 0.15) is 85.5 Å². The Morgan fingerprint density at radius 2 is 1.68 bits per heavy atom. The zero-order chi connectivity index (χ0) is 29.3. The normalized spacial score (nSPS) is 54.3. The predicted molar refractivity (Wildman–Crippen MR) is 154 cm³/mol. The van der Waals surface area contributed by atoms with E-state index in [9.17, 15) is 25.5 Å². The van der Waals surface area contributed by atoms with Crippen LogP contribution < -0.4 is 5.32 Å². The van der Waals surface area contributed by atoms with E-state index >= 15 is 0 Å². The third-order valence-electron chi connectivity index (χ3n) is 13.4. The molecule has 0 aromatic carbocycles. The van der Waals surface area contributed by atoms with Crippen LogP contribution in [0.15, 0.2) is 11.8 Å². The molecule has 6 rings (SSSR count). The molecule has 5 fully saturated rings. The Kier molecular flexibility index (Phi) is 8.36. The van der Waals surface area contributed by atoms with Crippen LogP contribution in [0.2, 0.25) is 0 Å². The number of fused-ring (bicyclic) bond motifs is 5. The van der Waals surface area contributed by atoms with Crippen molar-refractivity contribution < 1.29 is 35.0 Å². The molecule has 0 bridgehead atoms. The lowest BCUT2D eigenvalue weighted by atomic mass is 9.43. The van der Waals surface area contributed by atoms with Crippen LogP contribution in [0, 0.1) is 52.3 Å². The van der Waals surface area contributed by atoms with Gasteiger partial charge in [0.1, 0.15) is 24.4 Å². The molecule has 4 aliphatic carbocycles. The molecule has 0 aromatic rings. The molecular weight excluding hydrogens is 522 g/mol. The van der Waals surface area contributed by atoms with Gasteiger partial charge >= 0.3 is 0 Å². The van der Waals surface area contributed by atoms with Crippen LogP contribution in [0.4, 0.5) is 0 Å². The maximum absolute atomic E-state index is 11.7. The van der Waals surface area contributed by atoms with E-state index < -0.39 is 37.3 Å². The molecule has 6 N–H and O–H groups in total. The minimum atomic E-state index is -1.44. The Bertz CT molecular complexity index is 975. The Morgan fingerprint density at radius 1 is 0.951 bits per heavy atom. The van der Waals surface area contributed by atoms with Gasteiger partial charge in [-0.15, -0.1) is 0 Å². The molecule has 6 aliphatic rings. The monoisotopic (exact) mass is 577 g/mol. The van der Waals surface area contributed by atoms with Gasteiger partial charge < -0.3 is 40.3 Å². The number of nitrogens with one attached hydrogen (secondary N) is 1. The summed E-state index contributed by atoms with van der Waals surface area (Å²) in [6.07, 6.45) is 5.07. The van der Waals surface area contributed by atoms with Crippen molar-refractivity contribution >= 4 is 0 Å². The van der Waals surface area contributed by atoms with Gasteiger partial charge in [-0.3, -0.25) is 0 Å². The lowest BCUT2D eigenvalue weighted by Gasteiger charge is -2.62. The van der Waals surface area contributed by atoms with E-state index in [2.05, 4.69) is 39.1 Å². The second-order valence-electron chi connectivity index (χ2n) is 15.4. The fourth-order valence-corrected chi connectivity index (χ4v) is 11.0. The first-order valence-corrected chi connectivity index (χ1v) is 16.6. The van der Waals surface area contributed by atoms with Crippen molar-refractivity contribution in [1.29, 1.82) is 0 Å². The third-order valence-corrected chi connectivity index (χ3v) is 13.4. The van der Waals surface area contributed by atoms with Gasteiger partial charge in [-0.2, -0.15) is 0 Å². The number of ether oxygens (including phenoxy) is 2. The minimum absolute atomic E-state index is 0.0478. The first-order chi connectivity index (χ1) is 19.5. The molecule has 41 heavy (non-hydrogen) atoms.